The third-order valence-corrected chi connectivity index (χ3v) is 6.07. The third-order valence-electron chi connectivity index (χ3n) is 6.07. The Bertz CT molecular complexity index is 1050. The number of rotatable bonds is 2. The Kier molecular flexibility index (Phi) is 6.63. The van der Waals surface area contributed by atoms with Gasteiger partial charge in [-0.25, -0.2) is 9.97 Å². The number of ether oxygens (including phenoxy) is 1. The van der Waals surface area contributed by atoms with Crippen LogP contribution in [0.2, 0.25) is 0 Å². The number of nitrogens with one attached hydrogen (secondary N) is 2. The fourth-order valence-corrected chi connectivity index (χ4v) is 4.50. The van der Waals surface area contributed by atoms with E-state index in [1.165, 1.54) is 24.0 Å². The number of nitrogens with zero attached hydrogens (tertiary/aromatic N) is 3. The number of likely N-dealkylation sites (N-methyl/N-ethyl adjacent to an activating group) is 1. The summed E-state index contributed by atoms with van der Waals surface area (Å²) in [5.41, 5.74) is 7.59. The maximum absolute atomic E-state index is 12.2. The van der Waals surface area contributed by atoms with E-state index < -0.39 is 11.9 Å². The van der Waals surface area contributed by atoms with Crippen LogP contribution in [0.5, 0.6) is 0 Å². The highest BCUT2D eigenvalue weighted by atomic mass is 19.4. The number of aromatic nitrogens is 3. The predicted molar refractivity (Wildman–Crippen MR) is 116 cm³/mol. The molecule has 3 heterocycles. The zero-order valence-corrected chi connectivity index (χ0v) is 17.8. The zero-order chi connectivity index (χ0) is 22.7. The van der Waals surface area contributed by atoms with Crippen molar-refractivity contribution in [1.82, 2.24) is 25.2 Å². The Morgan fingerprint density at radius 1 is 1.19 bits per heavy atom. The van der Waals surface area contributed by atoms with Crippen molar-refractivity contribution in [1.29, 1.82) is 0 Å². The van der Waals surface area contributed by atoms with E-state index in [9.17, 15) is 13.2 Å². The SMILES string of the molecule is CNC1c2ccccc2CCC1N1CCOCC1.Nc1ncnc2[nH]c(C(F)(F)F)cc12. The number of nitrogen functional groups attached to an aromatic ring is 1. The quantitative estimate of drug-likeness (QED) is 0.558. The smallest absolute Gasteiger partial charge is 0.383 e. The summed E-state index contributed by atoms with van der Waals surface area (Å²) in [5, 5.41) is 3.71. The van der Waals surface area contributed by atoms with Crippen LogP contribution in [0.1, 0.15) is 29.3 Å². The average molecular weight is 448 g/mol. The van der Waals surface area contributed by atoms with E-state index in [0.29, 0.717) is 12.1 Å². The number of benzene rings is 1. The van der Waals surface area contributed by atoms with Gasteiger partial charge in [0.15, 0.2) is 0 Å². The summed E-state index contributed by atoms with van der Waals surface area (Å²) in [5.74, 6) is 0.0294. The highest BCUT2D eigenvalue weighted by molar-refractivity contribution is 5.86. The van der Waals surface area contributed by atoms with E-state index in [0.717, 1.165) is 38.7 Å². The molecule has 0 bridgehead atoms. The highest BCUT2D eigenvalue weighted by Crippen LogP contribution is 2.33. The maximum Gasteiger partial charge on any atom is 0.431 e. The number of hydrogen-bond donors (Lipinski definition) is 3. The van der Waals surface area contributed by atoms with Crippen LogP contribution in [0, 0.1) is 0 Å². The minimum atomic E-state index is -4.42. The summed E-state index contributed by atoms with van der Waals surface area (Å²) >= 11 is 0. The zero-order valence-electron chi connectivity index (χ0n) is 17.8. The van der Waals surface area contributed by atoms with E-state index in [4.69, 9.17) is 10.5 Å². The van der Waals surface area contributed by atoms with Gasteiger partial charge in [0, 0.05) is 25.2 Å². The minimum absolute atomic E-state index is 0.0294. The van der Waals surface area contributed by atoms with Gasteiger partial charge in [-0.05, 0) is 37.1 Å². The Hall–Kier alpha value is -2.69. The Morgan fingerprint density at radius 3 is 2.62 bits per heavy atom. The first-order valence-electron chi connectivity index (χ1n) is 10.6. The van der Waals surface area contributed by atoms with Crippen LogP contribution < -0.4 is 11.1 Å². The van der Waals surface area contributed by atoms with Gasteiger partial charge in [-0.1, -0.05) is 24.3 Å². The molecule has 1 fully saturated rings. The molecule has 1 saturated heterocycles. The lowest BCUT2D eigenvalue weighted by atomic mass is 9.83. The number of aryl methyl sites for hydroxylation is 1. The van der Waals surface area contributed by atoms with Gasteiger partial charge in [0.05, 0.1) is 18.6 Å². The Labute approximate surface area is 184 Å². The van der Waals surface area contributed by atoms with E-state index in [1.807, 2.05) is 0 Å². The Balaban J connectivity index is 0.000000158. The van der Waals surface area contributed by atoms with Crippen LogP contribution in [-0.4, -0.2) is 59.2 Å². The van der Waals surface area contributed by atoms with Crippen LogP contribution >= 0.6 is 0 Å². The Morgan fingerprint density at radius 2 is 1.94 bits per heavy atom. The fraction of sp³-hybridized carbons (Fsp3) is 0.455. The van der Waals surface area contributed by atoms with Crippen molar-refractivity contribution in [2.75, 3.05) is 39.1 Å². The van der Waals surface area contributed by atoms with Crippen molar-refractivity contribution >= 4 is 16.9 Å². The number of anilines is 1. The van der Waals surface area contributed by atoms with E-state index in [-0.39, 0.29) is 16.9 Å². The van der Waals surface area contributed by atoms with Crippen LogP contribution in [0.15, 0.2) is 36.7 Å². The molecule has 2 atom stereocenters. The van der Waals surface area contributed by atoms with Crippen molar-refractivity contribution in [3.8, 4) is 0 Å². The molecule has 0 radical (unpaired) electrons. The standard InChI is InChI=1S/C15H22N2O.C7H5F3N4/c1-16-15-13-5-3-2-4-12(13)6-7-14(15)17-8-10-18-11-9-17;8-7(9,10)4-1-3-5(11)12-2-13-6(3)14-4/h2-5,14-16H,6-11H2,1H3;1-2H,(H3,11,12,13,14). The molecular weight excluding hydrogens is 421 g/mol. The van der Waals surface area contributed by atoms with Gasteiger partial charge in [0.2, 0.25) is 0 Å². The van der Waals surface area contributed by atoms with Gasteiger partial charge in [0.25, 0.3) is 0 Å². The molecule has 2 aliphatic rings. The van der Waals surface area contributed by atoms with Gasteiger partial charge in [-0.3, -0.25) is 4.90 Å². The number of alkyl halides is 3. The second-order valence-electron chi connectivity index (χ2n) is 7.92. The van der Waals surface area contributed by atoms with Gasteiger partial charge in [0.1, 0.15) is 23.5 Å². The van der Waals surface area contributed by atoms with Crippen molar-refractivity contribution in [3.05, 3.63) is 53.5 Å². The molecule has 172 valence electrons. The molecule has 2 unspecified atom stereocenters. The summed E-state index contributed by atoms with van der Waals surface area (Å²) < 4.78 is 42.2. The number of halogens is 3. The normalized spacial score (nSPS) is 21.6. The van der Waals surface area contributed by atoms with E-state index >= 15 is 0 Å². The maximum atomic E-state index is 12.2. The molecule has 7 nitrogen and oxygen atoms in total. The van der Waals surface area contributed by atoms with Crippen LogP contribution in [-0.2, 0) is 17.3 Å². The predicted octanol–water partition coefficient (Wildman–Crippen LogP) is 3.15. The lowest BCUT2D eigenvalue weighted by molar-refractivity contribution is -0.140. The van der Waals surface area contributed by atoms with Gasteiger partial charge in [-0.2, -0.15) is 13.2 Å². The molecule has 10 heteroatoms. The monoisotopic (exact) mass is 448 g/mol. The third kappa shape index (κ3) is 4.72. The largest absolute Gasteiger partial charge is 0.431 e. The first-order chi connectivity index (χ1) is 15.4. The van der Waals surface area contributed by atoms with Crippen LogP contribution in [0.3, 0.4) is 0 Å². The molecule has 0 spiro atoms. The van der Waals surface area contributed by atoms with Gasteiger partial charge in [-0.15, -0.1) is 0 Å². The molecule has 1 aliphatic heterocycles. The number of H-pyrrole nitrogens is 1. The summed E-state index contributed by atoms with van der Waals surface area (Å²) in [4.78, 5) is 11.9. The molecular formula is C22H27F3N6O. The average Bonchev–Trinajstić information content (AvgIpc) is 3.26. The summed E-state index contributed by atoms with van der Waals surface area (Å²) in [6.07, 6.45) is -0.861. The lowest BCUT2D eigenvalue weighted by Gasteiger charge is -2.42. The van der Waals surface area contributed by atoms with Crippen molar-refractivity contribution in [3.63, 3.8) is 0 Å². The van der Waals surface area contributed by atoms with Crippen LogP contribution in [0.4, 0.5) is 19.0 Å². The molecule has 1 aliphatic carbocycles. The molecule has 2 aromatic heterocycles. The summed E-state index contributed by atoms with van der Waals surface area (Å²) in [6, 6.07) is 10.8. The molecule has 3 aromatic rings. The molecule has 0 saturated carbocycles. The second-order valence-corrected chi connectivity index (χ2v) is 7.92. The molecule has 1 aromatic carbocycles. The molecule has 32 heavy (non-hydrogen) atoms. The lowest BCUT2D eigenvalue weighted by Crippen LogP contribution is -2.50. The first-order valence-corrected chi connectivity index (χ1v) is 10.6. The van der Waals surface area contributed by atoms with Crippen molar-refractivity contribution in [2.45, 2.75) is 31.1 Å². The molecule has 5 rings (SSSR count). The number of nitrogens with two attached hydrogens (primary N) is 1. The fourth-order valence-electron chi connectivity index (χ4n) is 4.50. The molecule has 4 N–H and O–H groups in total. The number of hydrogen-bond acceptors (Lipinski definition) is 6. The van der Waals surface area contributed by atoms with Crippen molar-refractivity contribution in [2.24, 2.45) is 0 Å². The first kappa shape index (κ1) is 22.5. The van der Waals surface area contributed by atoms with Gasteiger partial charge < -0.3 is 20.8 Å². The van der Waals surface area contributed by atoms with E-state index in [1.54, 1.807) is 0 Å². The highest BCUT2D eigenvalue weighted by Gasteiger charge is 2.34. The van der Waals surface area contributed by atoms with Gasteiger partial charge >= 0.3 is 6.18 Å². The van der Waals surface area contributed by atoms with E-state index in [2.05, 4.69) is 56.5 Å². The summed E-state index contributed by atoms with van der Waals surface area (Å²) in [7, 11) is 2.08. The van der Waals surface area contributed by atoms with Crippen LogP contribution in [0.25, 0.3) is 11.0 Å². The van der Waals surface area contributed by atoms with Crippen molar-refractivity contribution < 1.29 is 17.9 Å². The molecule has 0 amide bonds. The number of morpholine rings is 1. The topological polar surface area (TPSA) is 92.1 Å². The minimum Gasteiger partial charge on any atom is -0.383 e. The number of fused-ring (bicyclic) bond motifs is 2. The number of aromatic amines is 1. The summed E-state index contributed by atoms with van der Waals surface area (Å²) in [6.45, 7) is 3.92. The second kappa shape index (κ2) is 9.43.